The minimum Gasteiger partial charge on any atom is -0.467 e. The molecule has 0 aliphatic carbocycles. The second-order valence-corrected chi connectivity index (χ2v) is 5.51. The van der Waals surface area contributed by atoms with E-state index < -0.39 is 5.69 Å². The molecule has 1 atom stereocenters. The van der Waals surface area contributed by atoms with Crippen LogP contribution < -0.4 is 11.0 Å². The van der Waals surface area contributed by atoms with E-state index in [2.05, 4.69) is 15.7 Å². The number of aromatic nitrogens is 4. The predicted octanol–water partition coefficient (Wildman–Crippen LogP) is 0.961. The molecule has 8 nitrogen and oxygen atoms in total. The first-order chi connectivity index (χ1) is 10.6. The van der Waals surface area contributed by atoms with E-state index in [0.29, 0.717) is 10.8 Å². The smallest absolute Gasteiger partial charge is 0.369 e. The van der Waals surface area contributed by atoms with Gasteiger partial charge in [0.25, 0.3) is 0 Å². The van der Waals surface area contributed by atoms with Gasteiger partial charge in [-0.05, 0) is 47.0 Å². The fourth-order valence-corrected chi connectivity index (χ4v) is 2.60. The molecule has 0 saturated heterocycles. The Labute approximate surface area is 129 Å². The Hall–Kier alpha value is -2.68. The molecule has 22 heavy (non-hydrogen) atoms. The molecule has 0 aromatic carbocycles. The van der Waals surface area contributed by atoms with Gasteiger partial charge >= 0.3 is 5.69 Å². The fraction of sp³-hybridized carbons (Fsp3) is 0.231. The minimum absolute atomic E-state index is 0.199. The molecule has 0 spiro atoms. The van der Waals surface area contributed by atoms with Crippen molar-refractivity contribution in [3.05, 3.63) is 52.2 Å². The average molecular weight is 319 g/mol. The van der Waals surface area contributed by atoms with Gasteiger partial charge in [-0.15, -0.1) is 11.3 Å². The lowest BCUT2D eigenvalue weighted by Crippen LogP contribution is -2.34. The van der Waals surface area contributed by atoms with Gasteiger partial charge in [0.15, 0.2) is 0 Å². The lowest BCUT2D eigenvalue weighted by molar-refractivity contribution is -0.122. The van der Waals surface area contributed by atoms with Crippen molar-refractivity contribution in [2.75, 3.05) is 0 Å². The summed E-state index contributed by atoms with van der Waals surface area (Å²) >= 11 is 1.37. The molecule has 3 aromatic rings. The van der Waals surface area contributed by atoms with E-state index in [1.54, 1.807) is 25.1 Å². The second kappa shape index (κ2) is 5.98. The molecular weight excluding hydrogens is 306 g/mol. The topological polar surface area (TPSA) is 95.0 Å². The van der Waals surface area contributed by atoms with Crippen LogP contribution in [0, 0.1) is 0 Å². The maximum absolute atomic E-state index is 12.1. The molecule has 3 aromatic heterocycles. The molecule has 0 unspecified atom stereocenters. The molecule has 0 aliphatic rings. The number of amides is 1. The predicted molar refractivity (Wildman–Crippen MR) is 78.8 cm³/mol. The minimum atomic E-state index is -0.455. The summed E-state index contributed by atoms with van der Waals surface area (Å²) in [6, 6.07) is 6.79. The van der Waals surface area contributed by atoms with E-state index in [1.165, 1.54) is 17.6 Å². The summed E-state index contributed by atoms with van der Waals surface area (Å²) < 4.78 is 7.39. The molecule has 9 heteroatoms. The molecule has 3 rings (SSSR count). The van der Waals surface area contributed by atoms with Crippen molar-refractivity contribution >= 4 is 17.2 Å². The van der Waals surface area contributed by atoms with Gasteiger partial charge in [-0.3, -0.25) is 4.79 Å². The van der Waals surface area contributed by atoms with Crippen LogP contribution in [0.4, 0.5) is 0 Å². The number of thiophene rings is 1. The highest BCUT2D eigenvalue weighted by atomic mass is 32.1. The van der Waals surface area contributed by atoms with Crippen molar-refractivity contribution in [2.24, 2.45) is 0 Å². The van der Waals surface area contributed by atoms with Crippen molar-refractivity contribution in [1.82, 2.24) is 25.1 Å². The second-order valence-electron chi connectivity index (χ2n) is 4.59. The molecule has 1 amide bonds. The maximum atomic E-state index is 12.1. The highest BCUT2D eigenvalue weighted by molar-refractivity contribution is 7.12. The Morgan fingerprint density at radius 1 is 1.41 bits per heavy atom. The van der Waals surface area contributed by atoms with Crippen LogP contribution in [-0.2, 0) is 11.3 Å². The monoisotopic (exact) mass is 319 g/mol. The van der Waals surface area contributed by atoms with Gasteiger partial charge < -0.3 is 9.73 Å². The molecule has 0 radical (unpaired) electrons. The van der Waals surface area contributed by atoms with E-state index in [-0.39, 0.29) is 18.5 Å². The summed E-state index contributed by atoms with van der Waals surface area (Å²) in [6.45, 7) is 1.59. The summed E-state index contributed by atoms with van der Waals surface area (Å²) in [7, 11) is 0. The Kier molecular flexibility index (Phi) is 3.88. The number of furan rings is 1. The van der Waals surface area contributed by atoms with Crippen LogP contribution in [0.15, 0.2) is 45.1 Å². The highest BCUT2D eigenvalue weighted by Gasteiger charge is 2.15. The van der Waals surface area contributed by atoms with E-state index in [1.807, 2.05) is 11.4 Å². The zero-order chi connectivity index (χ0) is 15.5. The van der Waals surface area contributed by atoms with Crippen LogP contribution in [0.25, 0.3) is 5.00 Å². The van der Waals surface area contributed by atoms with Gasteiger partial charge in [0, 0.05) is 0 Å². The van der Waals surface area contributed by atoms with Crippen molar-refractivity contribution < 1.29 is 9.21 Å². The Bertz CT molecular complexity index is 803. The lowest BCUT2D eigenvalue weighted by atomic mass is 10.2. The third kappa shape index (κ3) is 2.84. The Morgan fingerprint density at radius 3 is 2.95 bits per heavy atom. The van der Waals surface area contributed by atoms with E-state index >= 15 is 0 Å². The Balaban J connectivity index is 1.69. The Morgan fingerprint density at radius 2 is 2.27 bits per heavy atom. The van der Waals surface area contributed by atoms with Gasteiger partial charge in [-0.25, -0.2) is 4.79 Å². The van der Waals surface area contributed by atoms with Crippen LogP contribution in [0.5, 0.6) is 0 Å². The molecule has 0 fully saturated rings. The third-order valence-corrected chi connectivity index (χ3v) is 3.84. The largest absolute Gasteiger partial charge is 0.467 e. The van der Waals surface area contributed by atoms with Crippen LogP contribution in [-0.4, -0.2) is 25.7 Å². The van der Waals surface area contributed by atoms with Crippen LogP contribution >= 0.6 is 11.3 Å². The maximum Gasteiger partial charge on any atom is 0.369 e. The third-order valence-electron chi connectivity index (χ3n) is 3.00. The van der Waals surface area contributed by atoms with Gasteiger partial charge in [0.1, 0.15) is 17.3 Å². The van der Waals surface area contributed by atoms with Crippen LogP contribution in [0.2, 0.25) is 0 Å². The summed E-state index contributed by atoms with van der Waals surface area (Å²) in [5.74, 6) is 0.298. The quantitative estimate of drug-likeness (QED) is 0.756. The van der Waals surface area contributed by atoms with Crippen molar-refractivity contribution in [1.29, 1.82) is 0 Å². The number of nitrogens with one attached hydrogen (secondary N) is 1. The van der Waals surface area contributed by atoms with Gasteiger partial charge in [-0.2, -0.15) is 9.36 Å². The van der Waals surface area contributed by atoms with Crippen molar-refractivity contribution in [3.63, 3.8) is 0 Å². The lowest BCUT2D eigenvalue weighted by Gasteiger charge is -2.10. The van der Waals surface area contributed by atoms with Crippen molar-refractivity contribution in [2.45, 2.75) is 19.5 Å². The zero-order valence-electron chi connectivity index (χ0n) is 11.7. The zero-order valence-corrected chi connectivity index (χ0v) is 12.5. The summed E-state index contributed by atoms with van der Waals surface area (Å²) in [6.07, 6.45) is 1.54. The number of carbonyl (C=O) groups is 1. The highest BCUT2D eigenvalue weighted by Crippen LogP contribution is 2.12. The number of rotatable bonds is 5. The SMILES string of the molecule is C[C@@H](NC(=O)Cn1nnn(-c2cccs2)c1=O)c1ccco1. The van der Waals surface area contributed by atoms with Gasteiger partial charge in [0.05, 0.1) is 12.3 Å². The summed E-state index contributed by atoms with van der Waals surface area (Å²) in [5, 5.41) is 12.7. The number of tetrazole rings is 1. The first kappa shape index (κ1) is 14.3. The number of hydrogen-bond donors (Lipinski definition) is 1. The summed E-state index contributed by atoms with van der Waals surface area (Å²) in [5.41, 5.74) is -0.455. The first-order valence-corrected chi connectivity index (χ1v) is 7.42. The molecule has 0 aliphatic heterocycles. The normalized spacial score (nSPS) is 12.2. The van der Waals surface area contributed by atoms with Crippen LogP contribution in [0.1, 0.15) is 18.7 Å². The van der Waals surface area contributed by atoms with E-state index in [4.69, 9.17) is 4.42 Å². The summed E-state index contributed by atoms with van der Waals surface area (Å²) in [4.78, 5) is 24.1. The fourth-order valence-electron chi connectivity index (χ4n) is 1.93. The molecular formula is C13H13N5O3S. The average Bonchev–Trinajstić information content (AvgIpc) is 3.21. The van der Waals surface area contributed by atoms with E-state index in [9.17, 15) is 9.59 Å². The van der Waals surface area contributed by atoms with Gasteiger partial charge in [0.2, 0.25) is 5.91 Å². The molecule has 1 N–H and O–H groups in total. The van der Waals surface area contributed by atoms with Gasteiger partial charge in [-0.1, -0.05) is 0 Å². The molecule has 0 bridgehead atoms. The first-order valence-electron chi connectivity index (χ1n) is 6.54. The number of hydrogen-bond acceptors (Lipinski definition) is 6. The molecule has 0 saturated carbocycles. The van der Waals surface area contributed by atoms with Crippen molar-refractivity contribution in [3.8, 4) is 5.00 Å². The van der Waals surface area contributed by atoms with Crippen LogP contribution in [0.3, 0.4) is 0 Å². The standard InChI is InChI=1S/C13H13N5O3S/c1-9(10-4-2-6-21-10)14-11(19)8-17-13(20)18(16-15-17)12-5-3-7-22-12/h2-7,9H,8H2,1H3,(H,14,19)/t9-/m1/s1. The molecule has 114 valence electrons. The number of nitrogens with zero attached hydrogens (tertiary/aromatic N) is 4. The number of carbonyl (C=O) groups excluding carboxylic acids is 1. The molecule has 3 heterocycles. The van der Waals surface area contributed by atoms with E-state index in [0.717, 1.165) is 9.36 Å².